The summed E-state index contributed by atoms with van der Waals surface area (Å²) < 4.78 is 0. The maximum absolute atomic E-state index is 8.95. The van der Waals surface area contributed by atoms with E-state index in [1.165, 1.54) is 6.20 Å². The van der Waals surface area contributed by atoms with Crippen LogP contribution in [0.4, 0.5) is 5.82 Å². The Morgan fingerprint density at radius 1 is 1.53 bits per heavy atom. The number of piperidine rings is 1. The molecular weight excluding hydrogens is 214 g/mol. The van der Waals surface area contributed by atoms with Gasteiger partial charge in [0, 0.05) is 6.54 Å². The molecule has 2 rings (SSSR count). The smallest absolute Gasteiger partial charge is 0.166 e. The number of rotatable bonds is 3. The molecule has 0 aliphatic carbocycles. The van der Waals surface area contributed by atoms with Gasteiger partial charge in [0.2, 0.25) is 0 Å². The van der Waals surface area contributed by atoms with E-state index in [4.69, 9.17) is 5.26 Å². The third-order valence-electron chi connectivity index (χ3n) is 3.33. The standard InChI is InChI=1S/C12H17N5/c1-12(3-6-14-7-4-12)9-15-11-10(8-13)2-5-16-17-11/h2,5,14H,3-4,6-7,9H2,1H3,(H,15,17). The summed E-state index contributed by atoms with van der Waals surface area (Å²) >= 11 is 0. The van der Waals surface area contributed by atoms with E-state index in [-0.39, 0.29) is 5.41 Å². The SMILES string of the molecule is CC1(CNc2nnccc2C#N)CCNCC1. The summed E-state index contributed by atoms with van der Waals surface area (Å²) in [6.45, 7) is 5.22. The van der Waals surface area contributed by atoms with E-state index in [0.29, 0.717) is 11.4 Å². The highest BCUT2D eigenvalue weighted by Gasteiger charge is 2.26. The molecule has 0 saturated carbocycles. The van der Waals surface area contributed by atoms with Crippen molar-refractivity contribution in [1.82, 2.24) is 15.5 Å². The average Bonchev–Trinajstić information content (AvgIpc) is 2.38. The van der Waals surface area contributed by atoms with Crippen LogP contribution in [-0.4, -0.2) is 29.8 Å². The number of hydrogen-bond donors (Lipinski definition) is 2. The van der Waals surface area contributed by atoms with Gasteiger partial charge in [-0.2, -0.15) is 10.4 Å². The second kappa shape index (κ2) is 5.11. The van der Waals surface area contributed by atoms with Gasteiger partial charge >= 0.3 is 0 Å². The van der Waals surface area contributed by atoms with Gasteiger partial charge in [0.25, 0.3) is 0 Å². The van der Waals surface area contributed by atoms with E-state index in [0.717, 1.165) is 32.5 Å². The molecule has 1 aromatic heterocycles. The van der Waals surface area contributed by atoms with Crippen LogP contribution in [0.5, 0.6) is 0 Å². The molecule has 1 saturated heterocycles. The van der Waals surface area contributed by atoms with Gasteiger partial charge in [-0.05, 0) is 37.4 Å². The van der Waals surface area contributed by atoms with Gasteiger partial charge in [-0.25, -0.2) is 0 Å². The first-order valence-corrected chi connectivity index (χ1v) is 5.90. The highest BCUT2D eigenvalue weighted by molar-refractivity contribution is 5.50. The summed E-state index contributed by atoms with van der Waals surface area (Å²) in [6.07, 6.45) is 3.82. The predicted molar refractivity (Wildman–Crippen MR) is 65.4 cm³/mol. The summed E-state index contributed by atoms with van der Waals surface area (Å²) in [5, 5.41) is 23.3. The molecular formula is C12H17N5. The highest BCUT2D eigenvalue weighted by atomic mass is 15.2. The first-order chi connectivity index (χ1) is 8.23. The van der Waals surface area contributed by atoms with Gasteiger partial charge in [0.1, 0.15) is 6.07 Å². The van der Waals surface area contributed by atoms with E-state index < -0.39 is 0 Å². The van der Waals surface area contributed by atoms with Gasteiger partial charge in [-0.15, -0.1) is 5.10 Å². The fourth-order valence-corrected chi connectivity index (χ4v) is 2.06. The first-order valence-electron chi connectivity index (χ1n) is 5.90. The lowest BCUT2D eigenvalue weighted by Crippen LogP contribution is -2.39. The molecule has 1 fully saturated rings. The average molecular weight is 231 g/mol. The van der Waals surface area contributed by atoms with Gasteiger partial charge < -0.3 is 10.6 Å². The van der Waals surface area contributed by atoms with Crippen molar-refractivity contribution in [2.75, 3.05) is 25.0 Å². The van der Waals surface area contributed by atoms with Crippen molar-refractivity contribution in [2.45, 2.75) is 19.8 Å². The molecule has 0 aromatic carbocycles. The van der Waals surface area contributed by atoms with Crippen LogP contribution >= 0.6 is 0 Å². The maximum atomic E-state index is 8.95. The van der Waals surface area contributed by atoms with Crippen LogP contribution in [0.3, 0.4) is 0 Å². The van der Waals surface area contributed by atoms with Crippen molar-refractivity contribution < 1.29 is 0 Å². The molecule has 1 aliphatic heterocycles. The monoisotopic (exact) mass is 231 g/mol. The largest absolute Gasteiger partial charge is 0.367 e. The molecule has 90 valence electrons. The number of anilines is 1. The molecule has 5 nitrogen and oxygen atoms in total. The minimum atomic E-state index is 0.273. The molecule has 0 spiro atoms. The number of aromatic nitrogens is 2. The Hall–Kier alpha value is -1.67. The zero-order valence-corrected chi connectivity index (χ0v) is 10.0. The molecule has 0 radical (unpaired) electrons. The van der Waals surface area contributed by atoms with Crippen LogP contribution in [0.2, 0.25) is 0 Å². The van der Waals surface area contributed by atoms with Crippen molar-refractivity contribution in [3.05, 3.63) is 17.8 Å². The lowest BCUT2D eigenvalue weighted by atomic mass is 9.81. The Morgan fingerprint density at radius 2 is 2.29 bits per heavy atom. The van der Waals surface area contributed by atoms with E-state index in [9.17, 15) is 0 Å². The third kappa shape index (κ3) is 2.92. The van der Waals surface area contributed by atoms with Crippen LogP contribution < -0.4 is 10.6 Å². The molecule has 1 aromatic rings. The minimum absolute atomic E-state index is 0.273. The second-order valence-corrected chi connectivity index (χ2v) is 4.82. The van der Waals surface area contributed by atoms with Crippen molar-refractivity contribution >= 4 is 5.82 Å². The molecule has 0 unspecified atom stereocenters. The third-order valence-corrected chi connectivity index (χ3v) is 3.33. The molecule has 0 bridgehead atoms. The molecule has 2 heterocycles. The molecule has 0 atom stereocenters. The Bertz CT molecular complexity index is 417. The van der Waals surface area contributed by atoms with Crippen molar-refractivity contribution in [2.24, 2.45) is 5.41 Å². The summed E-state index contributed by atoms with van der Waals surface area (Å²) in [6, 6.07) is 3.80. The normalized spacial score (nSPS) is 18.4. The topological polar surface area (TPSA) is 73.6 Å². The van der Waals surface area contributed by atoms with E-state index >= 15 is 0 Å². The Kier molecular flexibility index (Phi) is 3.55. The van der Waals surface area contributed by atoms with Crippen molar-refractivity contribution in [3.8, 4) is 6.07 Å². The highest BCUT2D eigenvalue weighted by Crippen LogP contribution is 2.28. The number of nitrogens with zero attached hydrogens (tertiary/aromatic N) is 3. The number of hydrogen-bond acceptors (Lipinski definition) is 5. The van der Waals surface area contributed by atoms with E-state index in [1.807, 2.05) is 0 Å². The Labute approximate surface area is 101 Å². The fraction of sp³-hybridized carbons (Fsp3) is 0.583. The van der Waals surface area contributed by atoms with Crippen LogP contribution in [0.15, 0.2) is 12.3 Å². The van der Waals surface area contributed by atoms with Crippen molar-refractivity contribution in [3.63, 3.8) is 0 Å². The van der Waals surface area contributed by atoms with Crippen LogP contribution in [-0.2, 0) is 0 Å². The summed E-state index contributed by atoms with van der Waals surface area (Å²) in [5.74, 6) is 0.592. The Balaban J connectivity index is 2.00. The zero-order chi connectivity index (χ0) is 12.1. The fourth-order valence-electron chi connectivity index (χ4n) is 2.06. The summed E-state index contributed by atoms with van der Waals surface area (Å²) in [7, 11) is 0. The molecule has 0 amide bonds. The lowest BCUT2D eigenvalue weighted by molar-refractivity contribution is 0.247. The van der Waals surface area contributed by atoms with Crippen LogP contribution in [0.1, 0.15) is 25.3 Å². The zero-order valence-electron chi connectivity index (χ0n) is 10.0. The maximum Gasteiger partial charge on any atom is 0.166 e. The summed E-state index contributed by atoms with van der Waals surface area (Å²) in [4.78, 5) is 0. The quantitative estimate of drug-likeness (QED) is 0.816. The van der Waals surface area contributed by atoms with Crippen LogP contribution in [0.25, 0.3) is 0 Å². The van der Waals surface area contributed by atoms with Crippen LogP contribution in [0, 0.1) is 16.7 Å². The predicted octanol–water partition coefficient (Wildman–Crippen LogP) is 1.15. The van der Waals surface area contributed by atoms with Gasteiger partial charge in [0.15, 0.2) is 5.82 Å². The van der Waals surface area contributed by atoms with Gasteiger partial charge in [-0.3, -0.25) is 0 Å². The second-order valence-electron chi connectivity index (χ2n) is 4.82. The minimum Gasteiger partial charge on any atom is -0.367 e. The van der Waals surface area contributed by atoms with Gasteiger partial charge in [-0.1, -0.05) is 6.92 Å². The lowest BCUT2D eigenvalue weighted by Gasteiger charge is -2.34. The molecule has 1 aliphatic rings. The first kappa shape index (κ1) is 11.8. The molecule has 17 heavy (non-hydrogen) atoms. The van der Waals surface area contributed by atoms with E-state index in [2.05, 4.69) is 33.8 Å². The Morgan fingerprint density at radius 3 is 3.00 bits per heavy atom. The molecule has 5 heteroatoms. The van der Waals surface area contributed by atoms with Crippen molar-refractivity contribution in [1.29, 1.82) is 5.26 Å². The van der Waals surface area contributed by atoms with Gasteiger partial charge in [0.05, 0.1) is 11.8 Å². The summed E-state index contributed by atoms with van der Waals surface area (Å²) in [5.41, 5.74) is 0.827. The number of nitrogens with one attached hydrogen (secondary N) is 2. The number of nitriles is 1. The molecule has 2 N–H and O–H groups in total. The van der Waals surface area contributed by atoms with E-state index in [1.54, 1.807) is 6.07 Å².